The van der Waals surface area contributed by atoms with Crippen LogP contribution in [0.4, 0.5) is 11.6 Å². The Morgan fingerprint density at radius 2 is 1.93 bits per heavy atom. The molecule has 1 aliphatic rings. The van der Waals surface area contributed by atoms with Gasteiger partial charge in [0.2, 0.25) is 5.95 Å². The number of benzene rings is 1. The zero-order valence-electron chi connectivity index (χ0n) is 17.8. The molecule has 1 unspecified atom stereocenters. The largest absolute Gasteiger partial charge is 0.387 e. The van der Waals surface area contributed by atoms with Gasteiger partial charge in [0.1, 0.15) is 11.3 Å². The fourth-order valence-electron chi connectivity index (χ4n) is 3.19. The van der Waals surface area contributed by atoms with Crippen molar-refractivity contribution in [3.8, 4) is 11.3 Å². The minimum atomic E-state index is -1.35. The molecule has 3 aromatic rings. The van der Waals surface area contributed by atoms with Gasteiger partial charge in [-0.15, -0.1) is 5.10 Å². The van der Waals surface area contributed by atoms with Gasteiger partial charge in [0.05, 0.1) is 18.3 Å². The maximum atomic E-state index is 10.5. The summed E-state index contributed by atoms with van der Waals surface area (Å²) < 4.78 is 1.55. The molecule has 1 fully saturated rings. The number of hydrogen-bond acceptors (Lipinski definition) is 7. The Morgan fingerprint density at radius 1 is 1.17 bits per heavy atom. The molecule has 0 saturated heterocycles. The molecular weight excluding hydrogens is 380 g/mol. The van der Waals surface area contributed by atoms with Gasteiger partial charge in [0.25, 0.3) is 0 Å². The third kappa shape index (κ3) is 4.49. The molecule has 1 saturated carbocycles. The molecule has 0 radical (unpaired) electrons. The van der Waals surface area contributed by atoms with Crippen LogP contribution in [0.5, 0.6) is 0 Å². The smallest absolute Gasteiger partial charge is 0.227 e. The molecule has 2 aromatic heterocycles. The summed E-state index contributed by atoms with van der Waals surface area (Å²) in [6, 6.07) is 8.00. The highest BCUT2D eigenvalue weighted by molar-refractivity contribution is 5.68. The van der Waals surface area contributed by atoms with E-state index in [1.54, 1.807) is 37.8 Å². The normalized spacial score (nSPS) is 16.3. The fourth-order valence-corrected chi connectivity index (χ4v) is 3.19. The van der Waals surface area contributed by atoms with Crippen LogP contribution in [-0.4, -0.2) is 46.4 Å². The van der Waals surface area contributed by atoms with Gasteiger partial charge < -0.3 is 15.5 Å². The Balaban J connectivity index is 1.55. The van der Waals surface area contributed by atoms with Crippen molar-refractivity contribution in [1.82, 2.24) is 25.0 Å². The molecule has 8 nitrogen and oxygen atoms in total. The van der Waals surface area contributed by atoms with Crippen LogP contribution in [0.15, 0.2) is 36.7 Å². The summed E-state index contributed by atoms with van der Waals surface area (Å²) >= 11 is 0. The first-order valence-corrected chi connectivity index (χ1v) is 10.2. The van der Waals surface area contributed by atoms with Crippen molar-refractivity contribution in [3.05, 3.63) is 47.9 Å². The predicted octanol–water partition coefficient (Wildman–Crippen LogP) is 3.19. The van der Waals surface area contributed by atoms with E-state index in [0.717, 1.165) is 22.5 Å². The summed E-state index contributed by atoms with van der Waals surface area (Å²) in [7, 11) is 0. The van der Waals surface area contributed by atoms with Gasteiger partial charge in [0.15, 0.2) is 0 Å². The summed E-state index contributed by atoms with van der Waals surface area (Å²) in [6.07, 6.45) is 5.95. The van der Waals surface area contributed by atoms with Gasteiger partial charge in [-0.3, -0.25) is 0 Å². The molecule has 4 rings (SSSR count). The molecule has 0 bridgehead atoms. The standard InChI is InChI=1S/C22H28N6O2/c1-14-9-16(19-12-28(27-26-19)13-22(4,30)21(2,3)29)11-17(10-14)24-20-23-8-7-18(25-20)15-5-6-15/h7-12,15,29-30H,5-6,13H2,1-4H3,(H,23,24,25). The lowest BCUT2D eigenvalue weighted by Crippen LogP contribution is -2.50. The molecule has 1 atom stereocenters. The summed E-state index contributed by atoms with van der Waals surface area (Å²) in [5.74, 6) is 1.15. The summed E-state index contributed by atoms with van der Waals surface area (Å²) in [6.45, 7) is 6.87. The molecule has 2 heterocycles. The molecular formula is C22H28N6O2. The van der Waals surface area contributed by atoms with E-state index in [-0.39, 0.29) is 6.54 Å². The number of nitrogens with zero attached hydrogens (tertiary/aromatic N) is 5. The number of aliphatic hydroxyl groups is 2. The minimum absolute atomic E-state index is 0.127. The number of anilines is 2. The maximum absolute atomic E-state index is 10.5. The van der Waals surface area contributed by atoms with Gasteiger partial charge in [-0.2, -0.15) is 0 Å². The van der Waals surface area contributed by atoms with Crippen LogP contribution >= 0.6 is 0 Å². The molecule has 0 spiro atoms. The third-order valence-corrected chi connectivity index (χ3v) is 5.63. The summed E-state index contributed by atoms with van der Waals surface area (Å²) in [5, 5.41) is 32.4. The third-order valence-electron chi connectivity index (χ3n) is 5.63. The van der Waals surface area contributed by atoms with Crippen LogP contribution in [0.25, 0.3) is 11.3 Å². The molecule has 0 amide bonds. The first-order chi connectivity index (χ1) is 14.1. The van der Waals surface area contributed by atoms with Gasteiger partial charge in [-0.25, -0.2) is 14.6 Å². The average Bonchev–Trinajstić information content (AvgIpc) is 3.40. The van der Waals surface area contributed by atoms with Crippen molar-refractivity contribution in [3.63, 3.8) is 0 Å². The van der Waals surface area contributed by atoms with Crippen LogP contribution in [0, 0.1) is 6.92 Å². The Morgan fingerprint density at radius 3 is 2.63 bits per heavy atom. The van der Waals surface area contributed by atoms with E-state index in [4.69, 9.17) is 0 Å². The van der Waals surface area contributed by atoms with E-state index in [1.165, 1.54) is 12.8 Å². The number of rotatable bonds is 7. The van der Waals surface area contributed by atoms with E-state index in [1.807, 2.05) is 31.2 Å². The average molecular weight is 409 g/mol. The Hall–Kier alpha value is -2.84. The number of aryl methyl sites for hydroxylation is 1. The quantitative estimate of drug-likeness (QED) is 0.551. The van der Waals surface area contributed by atoms with E-state index in [9.17, 15) is 10.2 Å². The lowest BCUT2D eigenvalue weighted by Gasteiger charge is -2.35. The second-order valence-corrected chi connectivity index (χ2v) is 8.93. The highest BCUT2D eigenvalue weighted by atomic mass is 16.4. The van der Waals surface area contributed by atoms with Crippen molar-refractivity contribution in [1.29, 1.82) is 0 Å². The van der Waals surface area contributed by atoms with E-state index in [0.29, 0.717) is 17.6 Å². The monoisotopic (exact) mass is 408 g/mol. The molecule has 158 valence electrons. The van der Waals surface area contributed by atoms with E-state index < -0.39 is 11.2 Å². The van der Waals surface area contributed by atoms with Gasteiger partial charge in [-0.1, -0.05) is 5.21 Å². The fraction of sp³-hybridized carbons (Fsp3) is 0.455. The SMILES string of the molecule is Cc1cc(Nc2nccc(C3CC3)n2)cc(-c2cn(CC(C)(O)C(C)(C)O)nn2)c1. The second-order valence-electron chi connectivity index (χ2n) is 8.93. The van der Waals surface area contributed by atoms with Crippen LogP contribution in [0.1, 0.15) is 50.8 Å². The second kappa shape index (κ2) is 7.45. The lowest BCUT2D eigenvalue weighted by atomic mass is 9.88. The van der Waals surface area contributed by atoms with Gasteiger partial charge in [-0.05, 0) is 70.4 Å². The van der Waals surface area contributed by atoms with Crippen molar-refractivity contribution < 1.29 is 10.2 Å². The lowest BCUT2D eigenvalue weighted by molar-refractivity contribution is -0.129. The molecule has 3 N–H and O–H groups in total. The number of hydrogen-bond donors (Lipinski definition) is 3. The van der Waals surface area contributed by atoms with Crippen molar-refractivity contribution in [2.75, 3.05) is 5.32 Å². The predicted molar refractivity (Wildman–Crippen MR) is 114 cm³/mol. The topological polar surface area (TPSA) is 109 Å². The summed E-state index contributed by atoms with van der Waals surface area (Å²) in [4.78, 5) is 8.96. The minimum Gasteiger partial charge on any atom is -0.387 e. The molecule has 0 aliphatic heterocycles. The van der Waals surface area contributed by atoms with E-state index >= 15 is 0 Å². The highest BCUT2D eigenvalue weighted by Crippen LogP contribution is 2.39. The molecule has 1 aliphatic carbocycles. The van der Waals surface area contributed by atoms with Crippen LogP contribution in [-0.2, 0) is 6.54 Å². The highest BCUT2D eigenvalue weighted by Gasteiger charge is 2.38. The van der Waals surface area contributed by atoms with Gasteiger partial charge >= 0.3 is 0 Å². The van der Waals surface area contributed by atoms with Crippen molar-refractivity contribution >= 4 is 11.6 Å². The first kappa shape index (κ1) is 20.4. The molecule has 30 heavy (non-hydrogen) atoms. The zero-order valence-corrected chi connectivity index (χ0v) is 17.8. The first-order valence-electron chi connectivity index (χ1n) is 10.2. The number of nitrogens with one attached hydrogen (secondary N) is 1. The molecule has 1 aromatic carbocycles. The maximum Gasteiger partial charge on any atom is 0.227 e. The van der Waals surface area contributed by atoms with Gasteiger partial charge in [0, 0.05) is 29.1 Å². The Bertz CT molecular complexity index is 1050. The van der Waals surface area contributed by atoms with Crippen molar-refractivity contribution in [2.45, 2.75) is 64.2 Å². The zero-order chi connectivity index (χ0) is 21.5. The Labute approximate surface area is 176 Å². The van der Waals surface area contributed by atoms with Crippen molar-refractivity contribution in [2.24, 2.45) is 0 Å². The van der Waals surface area contributed by atoms with Crippen LogP contribution in [0.3, 0.4) is 0 Å². The summed E-state index contributed by atoms with van der Waals surface area (Å²) in [5.41, 5.74) is 1.98. The Kier molecular flexibility index (Phi) is 5.07. The van der Waals surface area contributed by atoms with E-state index in [2.05, 4.69) is 25.6 Å². The molecule has 8 heteroatoms. The van der Waals surface area contributed by atoms with Crippen LogP contribution in [0.2, 0.25) is 0 Å². The number of aromatic nitrogens is 5. The van der Waals surface area contributed by atoms with Crippen LogP contribution < -0.4 is 5.32 Å².